The summed E-state index contributed by atoms with van der Waals surface area (Å²) in [7, 11) is 0. The molecule has 45 heavy (non-hydrogen) atoms. The summed E-state index contributed by atoms with van der Waals surface area (Å²) in [6.07, 6.45) is -0.330. The Hall–Kier alpha value is -4.70. The molecule has 1 fully saturated rings. The van der Waals surface area contributed by atoms with E-state index in [1.54, 1.807) is 15.9 Å². The highest BCUT2D eigenvalue weighted by atomic mass is 19.1. The largest absolute Gasteiger partial charge is 0.444 e. The Bertz CT molecular complexity index is 1590. The maximum Gasteiger partial charge on any atom is 0.410 e. The minimum Gasteiger partial charge on any atom is -0.444 e. The molecule has 2 aliphatic heterocycles. The lowest BCUT2D eigenvalue weighted by Gasteiger charge is -2.36. The van der Waals surface area contributed by atoms with Gasteiger partial charge in [-0.05, 0) is 82.6 Å². The fraction of sp³-hybridized carbons (Fsp3) is 0.343. The van der Waals surface area contributed by atoms with Crippen molar-refractivity contribution in [3.8, 4) is 0 Å². The van der Waals surface area contributed by atoms with Crippen molar-refractivity contribution < 1.29 is 23.5 Å². The number of nitrogens with zero attached hydrogens (tertiary/aromatic N) is 3. The molecule has 0 bridgehead atoms. The predicted octanol–water partition coefficient (Wildman–Crippen LogP) is 6.05. The normalized spacial score (nSPS) is 16.2. The highest BCUT2D eigenvalue weighted by molar-refractivity contribution is 6.37. The second-order valence-electron chi connectivity index (χ2n) is 12.5. The van der Waals surface area contributed by atoms with Crippen LogP contribution in [0.5, 0.6) is 0 Å². The second-order valence-corrected chi connectivity index (χ2v) is 12.5. The number of halogens is 1. The lowest BCUT2D eigenvalue weighted by molar-refractivity contribution is -0.120. The standard InChI is InChI=1S/C35H40FN5O4/c1-23(2)41(30(42)22-39-17-19-40(20-18-39)34(44)45-35(3,4)5)27-14-12-26(13-15-27)37-32(24-9-7-6-8-10-24)31-28-16-11-25(36)21-29(28)38-33(31)43/h6-16,21,23,37H,17-20,22H2,1-5H3,(H,38,43)/b32-31-. The molecule has 2 N–H and O–H groups in total. The van der Waals surface area contributed by atoms with Gasteiger partial charge < -0.3 is 25.2 Å². The molecule has 2 aliphatic rings. The van der Waals surface area contributed by atoms with Crippen molar-refractivity contribution in [2.45, 2.75) is 46.3 Å². The molecule has 0 unspecified atom stereocenters. The van der Waals surface area contributed by atoms with Gasteiger partial charge in [-0.15, -0.1) is 0 Å². The zero-order valence-corrected chi connectivity index (χ0v) is 26.4. The predicted molar refractivity (Wildman–Crippen MR) is 175 cm³/mol. The van der Waals surface area contributed by atoms with E-state index in [0.717, 1.165) is 16.9 Å². The van der Waals surface area contributed by atoms with Crippen molar-refractivity contribution in [1.29, 1.82) is 0 Å². The van der Waals surface area contributed by atoms with Gasteiger partial charge in [0.15, 0.2) is 0 Å². The van der Waals surface area contributed by atoms with Gasteiger partial charge in [-0.25, -0.2) is 9.18 Å². The second kappa shape index (κ2) is 13.1. The first kappa shape index (κ1) is 31.7. The number of rotatable bonds is 7. The van der Waals surface area contributed by atoms with Crippen molar-refractivity contribution in [3.05, 3.63) is 89.7 Å². The first-order valence-electron chi connectivity index (χ1n) is 15.2. The molecular weight excluding hydrogens is 573 g/mol. The Morgan fingerprint density at radius 1 is 0.978 bits per heavy atom. The summed E-state index contributed by atoms with van der Waals surface area (Å²) >= 11 is 0. The zero-order valence-electron chi connectivity index (χ0n) is 26.4. The van der Waals surface area contributed by atoms with E-state index < -0.39 is 11.4 Å². The highest BCUT2D eigenvalue weighted by Crippen LogP contribution is 2.38. The van der Waals surface area contributed by atoms with E-state index in [-0.39, 0.29) is 30.5 Å². The van der Waals surface area contributed by atoms with Crippen LogP contribution in [0.4, 0.5) is 26.2 Å². The zero-order chi connectivity index (χ0) is 32.3. The molecule has 0 spiro atoms. The average molecular weight is 614 g/mol. The third-order valence-electron chi connectivity index (χ3n) is 7.62. The summed E-state index contributed by atoms with van der Waals surface area (Å²) in [5.74, 6) is -0.774. The summed E-state index contributed by atoms with van der Waals surface area (Å²) in [6, 6.07) is 21.2. The third-order valence-corrected chi connectivity index (χ3v) is 7.62. The Balaban J connectivity index is 1.31. The minimum absolute atomic E-state index is 0.0324. The summed E-state index contributed by atoms with van der Waals surface area (Å²) in [5.41, 5.74) is 3.79. The van der Waals surface area contributed by atoms with Gasteiger partial charge in [0, 0.05) is 49.2 Å². The number of anilines is 3. The summed E-state index contributed by atoms with van der Waals surface area (Å²) in [5, 5.41) is 6.18. The van der Waals surface area contributed by atoms with Crippen molar-refractivity contribution >= 4 is 46.2 Å². The van der Waals surface area contributed by atoms with Gasteiger partial charge in [0.25, 0.3) is 5.91 Å². The van der Waals surface area contributed by atoms with Crippen LogP contribution in [0.25, 0.3) is 11.3 Å². The minimum atomic E-state index is -0.551. The monoisotopic (exact) mass is 613 g/mol. The van der Waals surface area contributed by atoms with Crippen molar-refractivity contribution in [3.63, 3.8) is 0 Å². The quantitative estimate of drug-likeness (QED) is 0.315. The molecule has 0 radical (unpaired) electrons. The number of hydrogen-bond acceptors (Lipinski definition) is 6. The van der Waals surface area contributed by atoms with Gasteiger partial charge >= 0.3 is 6.09 Å². The van der Waals surface area contributed by atoms with E-state index in [0.29, 0.717) is 48.7 Å². The molecule has 0 aliphatic carbocycles. The van der Waals surface area contributed by atoms with E-state index >= 15 is 0 Å². The maximum absolute atomic E-state index is 13.9. The van der Waals surface area contributed by atoms with E-state index in [9.17, 15) is 18.8 Å². The number of carbonyl (C=O) groups excluding carboxylic acids is 3. The molecule has 3 amide bonds. The number of amides is 3. The van der Waals surface area contributed by atoms with Crippen molar-refractivity contribution in [1.82, 2.24) is 9.80 Å². The van der Waals surface area contributed by atoms with Crippen LogP contribution >= 0.6 is 0 Å². The lowest BCUT2D eigenvalue weighted by Crippen LogP contribution is -2.53. The van der Waals surface area contributed by atoms with Crippen molar-refractivity contribution in [2.75, 3.05) is 48.3 Å². The smallest absolute Gasteiger partial charge is 0.410 e. The molecule has 3 aromatic rings. The Morgan fingerprint density at radius 3 is 2.27 bits per heavy atom. The van der Waals surface area contributed by atoms with E-state index in [4.69, 9.17) is 4.74 Å². The number of carbonyl (C=O) groups is 3. The van der Waals surface area contributed by atoms with Crippen LogP contribution in [0.2, 0.25) is 0 Å². The Kier molecular flexibility index (Phi) is 9.24. The molecule has 0 atom stereocenters. The molecule has 1 saturated heterocycles. The van der Waals surface area contributed by atoms with Crippen LogP contribution in [0, 0.1) is 5.82 Å². The Morgan fingerprint density at radius 2 is 1.64 bits per heavy atom. The molecule has 9 nitrogen and oxygen atoms in total. The van der Waals surface area contributed by atoms with Gasteiger partial charge in [0.1, 0.15) is 11.4 Å². The molecule has 10 heteroatoms. The van der Waals surface area contributed by atoms with Crippen LogP contribution in [-0.2, 0) is 14.3 Å². The lowest BCUT2D eigenvalue weighted by atomic mass is 10.00. The number of benzene rings is 3. The molecule has 3 aromatic carbocycles. The number of ether oxygens (including phenoxy) is 1. The molecule has 5 rings (SSSR count). The van der Waals surface area contributed by atoms with Crippen LogP contribution < -0.4 is 15.5 Å². The van der Waals surface area contributed by atoms with E-state index in [1.807, 2.05) is 89.2 Å². The number of piperazine rings is 1. The van der Waals surface area contributed by atoms with Gasteiger partial charge in [0.05, 0.1) is 23.5 Å². The van der Waals surface area contributed by atoms with Crippen LogP contribution in [0.3, 0.4) is 0 Å². The SMILES string of the molecule is CC(C)N(C(=O)CN1CCN(C(=O)OC(C)(C)C)CC1)c1ccc(N/C(=C2\C(=O)Nc3cc(F)ccc32)c2ccccc2)cc1. The first-order chi connectivity index (χ1) is 21.4. The van der Waals surface area contributed by atoms with Crippen LogP contribution in [0.15, 0.2) is 72.8 Å². The molecular formula is C35H40FN5O4. The van der Waals surface area contributed by atoms with Crippen LogP contribution in [0.1, 0.15) is 45.7 Å². The molecule has 0 aromatic heterocycles. The van der Waals surface area contributed by atoms with E-state index in [2.05, 4.69) is 15.5 Å². The van der Waals surface area contributed by atoms with Crippen molar-refractivity contribution in [2.24, 2.45) is 0 Å². The average Bonchev–Trinajstić information content (AvgIpc) is 3.30. The fourth-order valence-electron chi connectivity index (χ4n) is 5.54. The highest BCUT2D eigenvalue weighted by Gasteiger charge is 2.30. The third kappa shape index (κ3) is 7.51. The summed E-state index contributed by atoms with van der Waals surface area (Å²) in [6.45, 7) is 11.9. The first-order valence-corrected chi connectivity index (χ1v) is 15.2. The molecule has 0 saturated carbocycles. The number of nitrogens with one attached hydrogen (secondary N) is 2. The number of fused-ring (bicyclic) bond motifs is 1. The summed E-state index contributed by atoms with van der Waals surface area (Å²) < 4.78 is 19.4. The molecule has 2 heterocycles. The van der Waals surface area contributed by atoms with Gasteiger partial charge in [-0.2, -0.15) is 0 Å². The fourth-order valence-corrected chi connectivity index (χ4v) is 5.54. The molecule has 236 valence electrons. The topological polar surface area (TPSA) is 94.2 Å². The van der Waals surface area contributed by atoms with Gasteiger partial charge in [0.2, 0.25) is 5.91 Å². The Labute approximate surface area is 263 Å². The summed E-state index contributed by atoms with van der Waals surface area (Å²) in [4.78, 5) is 44.6. The van der Waals surface area contributed by atoms with Crippen LogP contribution in [-0.4, -0.2) is 72.1 Å². The maximum atomic E-state index is 13.9. The number of hydrogen-bond donors (Lipinski definition) is 2. The van der Waals surface area contributed by atoms with Gasteiger partial charge in [-0.3, -0.25) is 14.5 Å². The van der Waals surface area contributed by atoms with Gasteiger partial charge in [-0.1, -0.05) is 30.3 Å². The van der Waals surface area contributed by atoms with E-state index in [1.165, 1.54) is 12.1 Å².